The number of benzene rings is 2. The predicted octanol–water partition coefficient (Wildman–Crippen LogP) is 10.4. The largest absolute Gasteiger partial charge is 0.0985 e. The minimum absolute atomic E-state index is 0.188. The summed E-state index contributed by atoms with van der Waals surface area (Å²) < 4.78 is 0. The highest BCUT2D eigenvalue weighted by molar-refractivity contribution is 5.83. The maximum Gasteiger partial charge on any atom is 0.0155 e. The van der Waals surface area contributed by atoms with Crippen molar-refractivity contribution in [2.75, 3.05) is 0 Å². The van der Waals surface area contributed by atoms with Gasteiger partial charge < -0.3 is 0 Å². The van der Waals surface area contributed by atoms with E-state index in [0.717, 1.165) is 5.57 Å². The Morgan fingerprint density at radius 1 is 1.00 bits per heavy atom. The Hall–Kier alpha value is -2.86. The number of rotatable bonds is 2. The lowest BCUT2D eigenvalue weighted by Crippen LogP contribution is -2.17. The molecule has 4 rings (SSSR count). The molecule has 0 amide bonds. The highest BCUT2D eigenvalue weighted by atomic mass is 14.4. The second-order valence-corrected chi connectivity index (χ2v) is 9.32. The first-order valence-electron chi connectivity index (χ1n) is 12.6. The zero-order valence-electron chi connectivity index (χ0n) is 23.1. The van der Waals surface area contributed by atoms with E-state index in [9.17, 15) is 0 Å². The molecule has 1 atom stereocenters. The van der Waals surface area contributed by atoms with E-state index in [1.807, 2.05) is 52.0 Å². The number of aryl methyl sites for hydroxylation is 2. The van der Waals surface area contributed by atoms with Gasteiger partial charge >= 0.3 is 0 Å². The van der Waals surface area contributed by atoms with Crippen LogP contribution < -0.4 is 0 Å². The second-order valence-electron chi connectivity index (χ2n) is 9.32. The van der Waals surface area contributed by atoms with Crippen LogP contribution in [-0.4, -0.2) is 0 Å². The van der Waals surface area contributed by atoms with Crippen molar-refractivity contribution in [3.8, 4) is 0 Å². The molecule has 34 heavy (non-hydrogen) atoms. The van der Waals surface area contributed by atoms with Gasteiger partial charge in [-0.3, -0.25) is 0 Å². The summed E-state index contributed by atoms with van der Waals surface area (Å²) in [5.74, 6) is 0.678. The molecule has 1 unspecified atom stereocenters. The lowest BCUT2D eigenvalue weighted by Gasteiger charge is -2.25. The molecule has 0 spiro atoms. The first-order chi connectivity index (χ1) is 16.2. The molecule has 2 aliphatic carbocycles. The smallest absolute Gasteiger partial charge is 0.0155 e. The zero-order valence-corrected chi connectivity index (χ0v) is 23.1. The van der Waals surface area contributed by atoms with Crippen molar-refractivity contribution in [2.24, 2.45) is 5.92 Å². The van der Waals surface area contributed by atoms with Crippen molar-refractivity contribution < 1.29 is 0 Å². The zero-order chi connectivity index (χ0) is 25.9. The first kappa shape index (κ1) is 29.2. The molecule has 2 aromatic rings. The SMILES string of the molecule is C/C=C\C.C=CC(=C)c1ccccc1C.CC.Cc1ccc2c(c1)C(C)(C)C1=C2CC(C)C=C1. The molecule has 0 bridgehead atoms. The van der Waals surface area contributed by atoms with Gasteiger partial charge in [-0.05, 0) is 79.0 Å². The van der Waals surface area contributed by atoms with Gasteiger partial charge in [0, 0.05) is 5.41 Å². The van der Waals surface area contributed by atoms with Gasteiger partial charge in [-0.1, -0.05) is 126 Å². The molecular formula is C34H46. The third-order valence-electron chi connectivity index (χ3n) is 6.36. The normalized spacial score (nSPS) is 16.7. The van der Waals surface area contributed by atoms with Crippen molar-refractivity contribution in [1.82, 2.24) is 0 Å². The fraction of sp³-hybridized carbons (Fsp3) is 0.353. The minimum atomic E-state index is 0.188. The summed E-state index contributed by atoms with van der Waals surface area (Å²) in [7, 11) is 0. The molecular weight excluding hydrogens is 408 g/mol. The van der Waals surface area contributed by atoms with Gasteiger partial charge in [0.05, 0.1) is 0 Å². The lowest BCUT2D eigenvalue weighted by atomic mass is 9.79. The molecule has 2 aromatic carbocycles. The fourth-order valence-corrected chi connectivity index (χ4v) is 4.33. The minimum Gasteiger partial charge on any atom is -0.0985 e. The van der Waals surface area contributed by atoms with E-state index in [4.69, 9.17) is 0 Å². The van der Waals surface area contributed by atoms with Gasteiger partial charge in [-0.15, -0.1) is 0 Å². The van der Waals surface area contributed by atoms with Crippen LogP contribution in [0.15, 0.2) is 91.6 Å². The van der Waals surface area contributed by atoms with Crippen LogP contribution in [0.25, 0.3) is 11.1 Å². The van der Waals surface area contributed by atoms with Gasteiger partial charge in [0.15, 0.2) is 0 Å². The first-order valence-corrected chi connectivity index (χ1v) is 12.6. The van der Waals surface area contributed by atoms with Crippen LogP contribution in [0.5, 0.6) is 0 Å². The Morgan fingerprint density at radius 2 is 1.62 bits per heavy atom. The van der Waals surface area contributed by atoms with E-state index in [0.29, 0.717) is 5.92 Å². The van der Waals surface area contributed by atoms with Gasteiger partial charge in [-0.25, -0.2) is 0 Å². The molecule has 0 saturated heterocycles. The topological polar surface area (TPSA) is 0 Å². The average Bonchev–Trinajstić information content (AvgIpc) is 3.06. The van der Waals surface area contributed by atoms with E-state index >= 15 is 0 Å². The van der Waals surface area contributed by atoms with Crippen molar-refractivity contribution in [3.05, 3.63) is 119 Å². The maximum atomic E-state index is 3.89. The van der Waals surface area contributed by atoms with Gasteiger partial charge in [0.2, 0.25) is 0 Å². The molecule has 0 nitrogen and oxygen atoms in total. The second kappa shape index (κ2) is 13.8. The summed E-state index contributed by atoms with van der Waals surface area (Å²) in [6.07, 6.45) is 11.7. The van der Waals surface area contributed by atoms with Crippen LogP contribution in [0.4, 0.5) is 0 Å². The van der Waals surface area contributed by atoms with Crippen LogP contribution in [0.1, 0.15) is 82.7 Å². The number of hydrogen-bond acceptors (Lipinski definition) is 0. The van der Waals surface area contributed by atoms with E-state index in [-0.39, 0.29) is 5.41 Å². The molecule has 182 valence electrons. The fourth-order valence-electron chi connectivity index (χ4n) is 4.33. The lowest BCUT2D eigenvalue weighted by molar-refractivity contribution is 0.642. The molecule has 0 radical (unpaired) electrons. The van der Waals surface area contributed by atoms with Crippen molar-refractivity contribution in [2.45, 2.75) is 74.1 Å². The quantitative estimate of drug-likeness (QED) is 0.313. The molecule has 0 aliphatic heterocycles. The molecule has 0 saturated carbocycles. The van der Waals surface area contributed by atoms with Crippen LogP contribution in [-0.2, 0) is 5.41 Å². The summed E-state index contributed by atoms with van der Waals surface area (Å²) in [6, 6.07) is 15.1. The third kappa shape index (κ3) is 7.07. The van der Waals surface area contributed by atoms with Crippen molar-refractivity contribution in [1.29, 1.82) is 0 Å². The summed E-state index contributed by atoms with van der Waals surface area (Å²) in [5, 5.41) is 0. The predicted molar refractivity (Wildman–Crippen MR) is 156 cm³/mol. The summed E-state index contributed by atoms with van der Waals surface area (Å²) in [4.78, 5) is 0. The average molecular weight is 455 g/mol. The van der Waals surface area contributed by atoms with E-state index in [1.165, 1.54) is 39.8 Å². The van der Waals surface area contributed by atoms with Crippen LogP contribution in [0.3, 0.4) is 0 Å². The molecule has 0 fully saturated rings. The molecule has 0 N–H and O–H groups in total. The third-order valence-corrected chi connectivity index (χ3v) is 6.36. The molecule has 0 aromatic heterocycles. The Bertz CT molecular complexity index is 1050. The Morgan fingerprint density at radius 3 is 2.18 bits per heavy atom. The van der Waals surface area contributed by atoms with Crippen molar-refractivity contribution >= 4 is 11.1 Å². The Balaban J connectivity index is 0.000000294. The standard InChI is InChI=1S/C17H20.C11H12.C4H8.C2H6/c1-11-6-8-15-14(9-11)13-7-5-12(2)10-16(13)17(15,3)4;1-4-9(2)11-8-6-5-7-10(11)3;1-3-4-2;1-2/h5-8,10-11H,9H2,1-4H3;4-8H,1-2H2,3H3;3-4H,1-2H3;1-2H3/b;;4-3-;. The Labute approximate surface area is 210 Å². The van der Waals surface area contributed by atoms with Crippen LogP contribution in [0, 0.1) is 19.8 Å². The van der Waals surface area contributed by atoms with Gasteiger partial charge in [0.1, 0.15) is 0 Å². The number of allylic oxidation sites excluding steroid dienone is 8. The maximum absolute atomic E-state index is 3.89. The summed E-state index contributed by atoms with van der Waals surface area (Å²) >= 11 is 0. The number of fused-ring (bicyclic) bond motifs is 2. The van der Waals surface area contributed by atoms with Gasteiger partial charge in [-0.2, -0.15) is 0 Å². The Kier molecular flexibility index (Phi) is 11.8. The summed E-state index contributed by atoms with van der Waals surface area (Å²) in [5.41, 5.74) is 11.1. The van der Waals surface area contributed by atoms with Crippen LogP contribution in [0.2, 0.25) is 0 Å². The van der Waals surface area contributed by atoms with Gasteiger partial charge in [0.25, 0.3) is 0 Å². The highest BCUT2D eigenvalue weighted by Gasteiger charge is 2.37. The highest BCUT2D eigenvalue weighted by Crippen LogP contribution is 2.50. The van der Waals surface area contributed by atoms with Crippen molar-refractivity contribution in [3.63, 3.8) is 0 Å². The van der Waals surface area contributed by atoms with E-state index < -0.39 is 0 Å². The van der Waals surface area contributed by atoms with E-state index in [2.05, 4.69) is 90.3 Å². The van der Waals surface area contributed by atoms with Crippen LogP contribution >= 0.6 is 0 Å². The molecule has 0 heterocycles. The summed E-state index contributed by atoms with van der Waals surface area (Å²) in [6.45, 7) is 26.8. The number of hydrogen-bond donors (Lipinski definition) is 0. The molecule has 2 aliphatic rings. The molecule has 0 heteroatoms. The monoisotopic (exact) mass is 454 g/mol. The van der Waals surface area contributed by atoms with E-state index in [1.54, 1.807) is 11.6 Å².